The second-order valence-electron chi connectivity index (χ2n) is 3.76. The molecule has 18 heavy (non-hydrogen) atoms. The Kier molecular flexibility index (Phi) is 3.96. The highest BCUT2D eigenvalue weighted by molar-refractivity contribution is 7.90. The molecule has 8 nitrogen and oxygen atoms in total. The number of nitrogens with zero attached hydrogens (tertiary/aromatic N) is 2. The van der Waals surface area contributed by atoms with Gasteiger partial charge in [-0.2, -0.15) is 0 Å². The van der Waals surface area contributed by atoms with Crippen LogP contribution in [0.1, 0.15) is 13.8 Å². The molecule has 0 saturated carbocycles. The molecular weight excluding hydrogens is 262 g/mol. The summed E-state index contributed by atoms with van der Waals surface area (Å²) in [6.07, 6.45) is 1.85. The lowest BCUT2D eigenvalue weighted by molar-refractivity contribution is -0.385. The molecule has 98 valence electrons. The minimum Gasteiger partial charge on any atom is -0.274 e. The molecule has 0 atom stereocenters. The van der Waals surface area contributed by atoms with Crippen LogP contribution in [0.3, 0.4) is 0 Å². The van der Waals surface area contributed by atoms with E-state index in [0.29, 0.717) is 0 Å². The number of nitrogens with one attached hydrogen (secondary N) is 1. The standard InChI is InChI=1S/C9H11N3O5S/c1-6(2)9(13)11-18(16,17)8-3-7(12(14)15)4-10-5-8/h3-6H,1-2H3,(H,11,13). The molecule has 0 bridgehead atoms. The second-order valence-corrected chi connectivity index (χ2v) is 5.44. The Morgan fingerprint density at radius 1 is 1.44 bits per heavy atom. The molecule has 1 heterocycles. The summed E-state index contributed by atoms with van der Waals surface area (Å²) >= 11 is 0. The van der Waals surface area contributed by atoms with Crippen LogP contribution in [0.5, 0.6) is 0 Å². The number of nitro groups is 1. The van der Waals surface area contributed by atoms with Gasteiger partial charge in [-0.3, -0.25) is 19.9 Å². The second kappa shape index (κ2) is 5.08. The molecule has 0 aliphatic heterocycles. The Labute approximate surface area is 103 Å². The molecule has 0 radical (unpaired) electrons. The van der Waals surface area contributed by atoms with Crippen LogP contribution in [-0.4, -0.2) is 24.2 Å². The lowest BCUT2D eigenvalue weighted by atomic mass is 10.2. The van der Waals surface area contributed by atoms with E-state index in [-0.39, 0.29) is 0 Å². The molecule has 1 aromatic heterocycles. The van der Waals surface area contributed by atoms with Gasteiger partial charge in [0.2, 0.25) is 5.91 Å². The summed E-state index contributed by atoms with van der Waals surface area (Å²) in [5.74, 6) is -1.21. The SMILES string of the molecule is CC(C)C(=O)NS(=O)(=O)c1cncc([N+](=O)[O-])c1. The minimum atomic E-state index is -4.13. The maximum atomic E-state index is 11.7. The van der Waals surface area contributed by atoms with Crippen molar-refractivity contribution < 1.29 is 18.1 Å². The van der Waals surface area contributed by atoms with Gasteiger partial charge in [0, 0.05) is 18.2 Å². The van der Waals surface area contributed by atoms with Gasteiger partial charge in [-0.25, -0.2) is 13.1 Å². The molecule has 9 heteroatoms. The molecule has 1 rings (SSSR count). The summed E-state index contributed by atoms with van der Waals surface area (Å²) in [4.78, 5) is 24.1. The summed E-state index contributed by atoms with van der Waals surface area (Å²) in [5, 5.41) is 10.5. The van der Waals surface area contributed by atoms with Crippen LogP contribution < -0.4 is 4.72 Å². The molecule has 0 aliphatic rings. The smallest absolute Gasteiger partial charge is 0.274 e. The van der Waals surface area contributed by atoms with Gasteiger partial charge in [0.05, 0.1) is 4.92 Å². The van der Waals surface area contributed by atoms with E-state index in [1.807, 2.05) is 4.72 Å². The van der Waals surface area contributed by atoms with Crippen LogP contribution in [-0.2, 0) is 14.8 Å². The fourth-order valence-electron chi connectivity index (χ4n) is 0.963. The van der Waals surface area contributed by atoms with Crippen molar-refractivity contribution in [1.29, 1.82) is 0 Å². The normalized spacial score (nSPS) is 11.3. The number of sulfonamides is 1. The number of carbonyl (C=O) groups excluding carboxylic acids is 1. The van der Waals surface area contributed by atoms with Crippen molar-refractivity contribution in [2.75, 3.05) is 0 Å². The lowest BCUT2D eigenvalue weighted by Crippen LogP contribution is -2.33. The number of carbonyl (C=O) groups is 1. The van der Waals surface area contributed by atoms with Crippen LogP contribution in [0.25, 0.3) is 0 Å². The largest absolute Gasteiger partial charge is 0.288 e. The van der Waals surface area contributed by atoms with Crippen LogP contribution >= 0.6 is 0 Å². The van der Waals surface area contributed by atoms with Gasteiger partial charge in [-0.15, -0.1) is 0 Å². The maximum Gasteiger partial charge on any atom is 0.288 e. The zero-order valence-electron chi connectivity index (χ0n) is 9.65. The zero-order valence-corrected chi connectivity index (χ0v) is 10.5. The van der Waals surface area contributed by atoms with Gasteiger partial charge >= 0.3 is 0 Å². The third-order valence-corrected chi connectivity index (χ3v) is 3.29. The zero-order chi connectivity index (χ0) is 13.9. The minimum absolute atomic E-state index is 0.425. The molecule has 0 unspecified atom stereocenters. The fraction of sp³-hybridized carbons (Fsp3) is 0.333. The summed E-state index contributed by atoms with van der Waals surface area (Å²) in [6, 6.07) is 0.836. The van der Waals surface area contributed by atoms with E-state index in [4.69, 9.17) is 0 Å². The fourth-order valence-corrected chi connectivity index (χ4v) is 2.06. The van der Waals surface area contributed by atoms with Crippen molar-refractivity contribution in [3.63, 3.8) is 0 Å². The van der Waals surface area contributed by atoms with Crippen LogP contribution in [0, 0.1) is 16.0 Å². The van der Waals surface area contributed by atoms with Crippen molar-refractivity contribution in [2.24, 2.45) is 5.92 Å². The third-order valence-electron chi connectivity index (χ3n) is 1.98. The number of pyridine rings is 1. The Morgan fingerprint density at radius 3 is 2.56 bits per heavy atom. The number of rotatable bonds is 4. The van der Waals surface area contributed by atoms with Gasteiger partial charge in [0.15, 0.2) is 0 Å². The van der Waals surface area contributed by atoms with Gasteiger partial charge < -0.3 is 0 Å². The number of hydrogen-bond donors (Lipinski definition) is 1. The summed E-state index contributed by atoms with van der Waals surface area (Å²) in [6.45, 7) is 3.05. The summed E-state index contributed by atoms with van der Waals surface area (Å²) in [7, 11) is -4.13. The van der Waals surface area contributed by atoms with Gasteiger partial charge in [-0.1, -0.05) is 13.8 Å². The molecule has 1 amide bonds. The highest BCUT2D eigenvalue weighted by Crippen LogP contribution is 2.15. The van der Waals surface area contributed by atoms with Crippen LogP contribution in [0.4, 0.5) is 5.69 Å². The van der Waals surface area contributed by atoms with E-state index in [9.17, 15) is 23.3 Å². The Bertz CT molecular complexity index is 582. The van der Waals surface area contributed by atoms with Gasteiger partial charge in [0.1, 0.15) is 11.1 Å². The Balaban J connectivity index is 3.09. The van der Waals surface area contributed by atoms with E-state index < -0.39 is 37.4 Å². The average molecular weight is 273 g/mol. The molecule has 0 aliphatic carbocycles. The first-order valence-corrected chi connectivity index (χ1v) is 6.38. The van der Waals surface area contributed by atoms with E-state index in [0.717, 1.165) is 18.5 Å². The van der Waals surface area contributed by atoms with Crippen molar-refractivity contribution in [3.05, 3.63) is 28.6 Å². The first-order valence-electron chi connectivity index (χ1n) is 4.90. The quantitative estimate of drug-likeness (QED) is 0.628. The highest BCUT2D eigenvalue weighted by atomic mass is 32.2. The lowest BCUT2D eigenvalue weighted by Gasteiger charge is -2.08. The number of aromatic nitrogens is 1. The molecule has 0 saturated heterocycles. The molecular formula is C9H11N3O5S. The van der Waals surface area contributed by atoms with Crippen molar-refractivity contribution >= 4 is 21.6 Å². The highest BCUT2D eigenvalue weighted by Gasteiger charge is 2.22. The predicted molar refractivity (Wildman–Crippen MR) is 61.1 cm³/mol. The van der Waals surface area contributed by atoms with Crippen molar-refractivity contribution in [3.8, 4) is 0 Å². The topological polar surface area (TPSA) is 119 Å². The summed E-state index contributed by atoms with van der Waals surface area (Å²) < 4.78 is 25.3. The van der Waals surface area contributed by atoms with Crippen molar-refractivity contribution in [1.82, 2.24) is 9.71 Å². The first kappa shape index (κ1) is 14.0. The van der Waals surface area contributed by atoms with Gasteiger partial charge in [0.25, 0.3) is 15.7 Å². The Morgan fingerprint density at radius 2 is 2.06 bits per heavy atom. The van der Waals surface area contributed by atoms with E-state index in [2.05, 4.69) is 4.98 Å². The van der Waals surface area contributed by atoms with E-state index in [1.165, 1.54) is 13.8 Å². The van der Waals surface area contributed by atoms with Crippen LogP contribution in [0.15, 0.2) is 23.4 Å². The van der Waals surface area contributed by atoms with E-state index >= 15 is 0 Å². The summed E-state index contributed by atoms with van der Waals surface area (Å²) in [5.41, 5.74) is -0.463. The number of hydrogen-bond acceptors (Lipinski definition) is 6. The first-order chi connectivity index (χ1) is 8.24. The predicted octanol–water partition coefficient (Wildman–Crippen LogP) is 0.451. The van der Waals surface area contributed by atoms with Gasteiger partial charge in [-0.05, 0) is 0 Å². The van der Waals surface area contributed by atoms with Crippen LogP contribution in [0.2, 0.25) is 0 Å². The molecule has 0 aromatic carbocycles. The molecule has 0 spiro atoms. The molecule has 1 N–H and O–H groups in total. The Hall–Kier alpha value is -2.03. The maximum absolute atomic E-state index is 11.7. The third kappa shape index (κ3) is 3.23. The number of amides is 1. The molecule has 0 fully saturated rings. The van der Waals surface area contributed by atoms with E-state index in [1.54, 1.807) is 0 Å². The molecule has 1 aromatic rings. The monoisotopic (exact) mass is 273 g/mol. The van der Waals surface area contributed by atoms with Crippen molar-refractivity contribution in [2.45, 2.75) is 18.7 Å². The average Bonchev–Trinajstić information content (AvgIpc) is 2.28.